The van der Waals surface area contributed by atoms with Crippen molar-refractivity contribution in [2.45, 2.75) is 44.9 Å². The van der Waals surface area contributed by atoms with Crippen LogP contribution >= 0.6 is 15.9 Å². The molecule has 1 aromatic carbocycles. The van der Waals surface area contributed by atoms with E-state index in [4.69, 9.17) is 0 Å². The summed E-state index contributed by atoms with van der Waals surface area (Å²) < 4.78 is 14.1. The minimum absolute atomic E-state index is 0.235. The third-order valence-corrected chi connectivity index (χ3v) is 4.22. The fourth-order valence-corrected chi connectivity index (χ4v) is 3.35. The molecular weight excluding hydrogens is 293 g/mol. The van der Waals surface area contributed by atoms with Crippen LogP contribution in [-0.2, 0) is 6.42 Å². The second-order valence-electron chi connectivity index (χ2n) is 5.26. The molecule has 96 valence electrons. The molecule has 1 aliphatic rings. The number of halogens is 2. The summed E-state index contributed by atoms with van der Waals surface area (Å²) >= 11 is 3.31. The second kappa shape index (κ2) is 5.84. The highest BCUT2D eigenvalue weighted by molar-refractivity contribution is 9.10. The summed E-state index contributed by atoms with van der Waals surface area (Å²) in [6, 6.07) is 7.44. The smallest absolute Gasteiger partial charge is 0.124 e. The quantitative estimate of drug-likeness (QED) is 0.706. The van der Waals surface area contributed by atoms with Gasteiger partial charge in [-0.05, 0) is 43.0 Å². The fraction of sp³-hybridized carbons (Fsp3) is 0.533. The van der Waals surface area contributed by atoms with Crippen molar-refractivity contribution in [3.8, 4) is 6.07 Å². The Morgan fingerprint density at radius 1 is 1.17 bits per heavy atom. The van der Waals surface area contributed by atoms with Gasteiger partial charge >= 0.3 is 0 Å². The highest BCUT2D eigenvalue weighted by Gasteiger charge is 2.31. The van der Waals surface area contributed by atoms with Gasteiger partial charge in [-0.2, -0.15) is 5.26 Å². The first-order valence-corrected chi connectivity index (χ1v) is 7.29. The van der Waals surface area contributed by atoms with Crippen molar-refractivity contribution >= 4 is 15.9 Å². The minimum Gasteiger partial charge on any atom is -0.207 e. The van der Waals surface area contributed by atoms with E-state index in [2.05, 4.69) is 22.0 Å². The average molecular weight is 310 g/mol. The summed E-state index contributed by atoms with van der Waals surface area (Å²) in [5.41, 5.74) is 0.634. The van der Waals surface area contributed by atoms with Crippen LogP contribution in [-0.4, -0.2) is 0 Å². The Labute approximate surface area is 116 Å². The first-order valence-electron chi connectivity index (χ1n) is 6.50. The zero-order valence-corrected chi connectivity index (χ0v) is 12.0. The first kappa shape index (κ1) is 13.5. The predicted molar refractivity (Wildman–Crippen MR) is 73.6 cm³/mol. The molecule has 0 heterocycles. The van der Waals surface area contributed by atoms with Crippen LogP contribution in [0, 0.1) is 22.6 Å². The molecule has 0 N–H and O–H groups in total. The van der Waals surface area contributed by atoms with E-state index in [-0.39, 0.29) is 11.2 Å². The zero-order chi connectivity index (χ0) is 13.0. The molecule has 0 spiro atoms. The highest BCUT2D eigenvalue weighted by Crippen LogP contribution is 2.38. The molecule has 0 atom stereocenters. The van der Waals surface area contributed by atoms with Gasteiger partial charge in [-0.1, -0.05) is 41.6 Å². The van der Waals surface area contributed by atoms with Gasteiger partial charge in [-0.15, -0.1) is 0 Å². The number of nitrogens with zero attached hydrogens (tertiary/aromatic N) is 1. The van der Waals surface area contributed by atoms with Gasteiger partial charge in [0, 0.05) is 4.47 Å². The number of benzene rings is 1. The van der Waals surface area contributed by atoms with Crippen molar-refractivity contribution in [1.82, 2.24) is 0 Å². The lowest BCUT2D eigenvalue weighted by Gasteiger charge is -2.25. The van der Waals surface area contributed by atoms with Crippen molar-refractivity contribution in [2.75, 3.05) is 0 Å². The topological polar surface area (TPSA) is 23.8 Å². The fourth-order valence-electron chi connectivity index (χ4n) is 2.84. The number of nitriles is 1. The average Bonchev–Trinajstić information content (AvgIpc) is 2.54. The summed E-state index contributed by atoms with van der Waals surface area (Å²) in [7, 11) is 0. The molecule has 1 nitrogen and oxygen atoms in total. The van der Waals surface area contributed by atoms with Crippen LogP contribution in [0.5, 0.6) is 0 Å². The highest BCUT2D eigenvalue weighted by atomic mass is 79.9. The van der Waals surface area contributed by atoms with Crippen LogP contribution in [0.1, 0.15) is 44.1 Å². The van der Waals surface area contributed by atoms with Crippen molar-refractivity contribution in [3.05, 3.63) is 34.1 Å². The van der Waals surface area contributed by atoms with Gasteiger partial charge < -0.3 is 0 Å². The molecular formula is C15H17BrFN. The molecule has 0 saturated heterocycles. The minimum atomic E-state index is -0.288. The van der Waals surface area contributed by atoms with Crippen LogP contribution in [0.4, 0.5) is 4.39 Å². The van der Waals surface area contributed by atoms with E-state index in [0.717, 1.165) is 35.7 Å². The normalized spacial score (nSPS) is 18.9. The van der Waals surface area contributed by atoms with E-state index in [0.29, 0.717) is 6.42 Å². The van der Waals surface area contributed by atoms with Gasteiger partial charge in [0.05, 0.1) is 11.5 Å². The Balaban J connectivity index is 2.21. The van der Waals surface area contributed by atoms with Crippen LogP contribution in [0.2, 0.25) is 0 Å². The standard InChI is InChI=1S/C15H17BrFN/c16-13-7-12(8-14(17)9-13)10-15(11-18)5-3-1-2-4-6-15/h7-9H,1-6,10H2. The molecule has 1 aliphatic carbocycles. The third-order valence-electron chi connectivity index (χ3n) is 3.76. The van der Waals surface area contributed by atoms with Gasteiger partial charge in [0.1, 0.15) is 5.82 Å². The molecule has 1 aromatic rings. The molecule has 0 radical (unpaired) electrons. The van der Waals surface area contributed by atoms with Crippen LogP contribution in [0.3, 0.4) is 0 Å². The summed E-state index contributed by atoms with van der Waals surface area (Å²) in [5.74, 6) is -0.235. The van der Waals surface area contributed by atoms with E-state index in [9.17, 15) is 9.65 Å². The number of hydrogen-bond acceptors (Lipinski definition) is 1. The van der Waals surface area contributed by atoms with E-state index in [1.165, 1.54) is 18.9 Å². The molecule has 0 aliphatic heterocycles. The van der Waals surface area contributed by atoms with Crippen molar-refractivity contribution < 1.29 is 4.39 Å². The van der Waals surface area contributed by atoms with E-state index in [1.807, 2.05) is 6.07 Å². The zero-order valence-electron chi connectivity index (χ0n) is 10.4. The lowest BCUT2D eigenvalue weighted by Crippen LogP contribution is -2.21. The van der Waals surface area contributed by atoms with Gasteiger partial charge in [0.15, 0.2) is 0 Å². The Morgan fingerprint density at radius 2 is 1.83 bits per heavy atom. The van der Waals surface area contributed by atoms with E-state index < -0.39 is 0 Å². The monoisotopic (exact) mass is 309 g/mol. The van der Waals surface area contributed by atoms with Gasteiger partial charge in [0.2, 0.25) is 0 Å². The lowest BCUT2D eigenvalue weighted by atomic mass is 9.77. The molecule has 1 fully saturated rings. The summed E-state index contributed by atoms with van der Waals surface area (Å²) in [5, 5.41) is 9.51. The molecule has 1 saturated carbocycles. The van der Waals surface area contributed by atoms with Crippen molar-refractivity contribution in [2.24, 2.45) is 5.41 Å². The third kappa shape index (κ3) is 3.32. The summed E-state index contributed by atoms with van der Waals surface area (Å²) in [6.45, 7) is 0. The maximum atomic E-state index is 13.4. The summed E-state index contributed by atoms with van der Waals surface area (Å²) in [6.07, 6.45) is 7.22. The van der Waals surface area contributed by atoms with Gasteiger partial charge in [0.25, 0.3) is 0 Å². The van der Waals surface area contributed by atoms with E-state index >= 15 is 0 Å². The van der Waals surface area contributed by atoms with Crippen LogP contribution in [0.25, 0.3) is 0 Å². The molecule has 0 bridgehead atoms. The lowest BCUT2D eigenvalue weighted by molar-refractivity contribution is 0.338. The molecule has 3 heteroatoms. The molecule has 18 heavy (non-hydrogen) atoms. The SMILES string of the molecule is N#CC1(Cc2cc(F)cc(Br)c2)CCCCCC1. The molecule has 2 rings (SSSR count). The number of hydrogen-bond donors (Lipinski definition) is 0. The maximum absolute atomic E-state index is 13.4. The molecule has 0 amide bonds. The van der Waals surface area contributed by atoms with Crippen LogP contribution in [0.15, 0.2) is 22.7 Å². The van der Waals surface area contributed by atoms with Gasteiger partial charge in [-0.3, -0.25) is 0 Å². The number of rotatable bonds is 2. The second-order valence-corrected chi connectivity index (χ2v) is 6.18. The summed E-state index contributed by atoms with van der Waals surface area (Å²) in [4.78, 5) is 0. The van der Waals surface area contributed by atoms with Gasteiger partial charge in [-0.25, -0.2) is 4.39 Å². The molecule has 0 unspecified atom stereocenters. The first-order chi connectivity index (χ1) is 8.63. The van der Waals surface area contributed by atoms with Crippen molar-refractivity contribution in [3.63, 3.8) is 0 Å². The largest absolute Gasteiger partial charge is 0.207 e. The van der Waals surface area contributed by atoms with E-state index in [1.54, 1.807) is 6.07 Å². The van der Waals surface area contributed by atoms with Crippen molar-refractivity contribution in [1.29, 1.82) is 5.26 Å². The predicted octanol–water partition coefficient (Wildman–Crippen LogP) is 4.99. The Hall–Kier alpha value is -0.880. The Kier molecular flexibility index (Phi) is 4.40. The van der Waals surface area contributed by atoms with Crippen LogP contribution < -0.4 is 0 Å². The maximum Gasteiger partial charge on any atom is 0.124 e. The Morgan fingerprint density at radius 3 is 2.39 bits per heavy atom. The molecule has 0 aromatic heterocycles. The Bertz CT molecular complexity index is 436.